The predicted octanol–water partition coefficient (Wildman–Crippen LogP) is 3.87. The van der Waals surface area contributed by atoms with Crippen molar-refractivity contribution in [2.24, 2.45) is 5.92 Å². The number of imidazole rings is 1. The number of nitrogens with one attached hydrogen (secondary N) is 2. The van der Waals surface area contributed by atoms with Crippen LogP contribution in [0.4, 0.5) is 5.13 Å². The van der Waals surface area contributed by atoms with Crippen LogP contribution in [0, 0.1) is 5.92 Å². The van der Waals surface area contributed by atoms with Gasteiger partial charge in [0.1, 0.15) is 11.0 Å². The summed E-state index contributed by atoms with van der Waals surface area (Å²) in [6.45, 7) is 0. The van der Waals surface area contributed by atoms with Crippen molar-refractivity contribution in [1.82, 2.24) is 24.7 Å². The molecule has 2 N–H and O–H groups in total. The monoisotopic (exact) mass is 384 g/mol. The second kappa shape index (κ2) is 5.93. The number of benzene rings is 1. The van der Waals surface area contributed by atoms with E-state index in [1.165, 1.54) is 11.3 Å². The summed E-state index contributed by atoms with van der Waals surface area (Å²) in [5.74, 6) is 0.849. The topological polar surface area (TPSA) is 88.5 Å². The van der Waals surface area contributed by atoms with Crippen molar-refractivity contribution in [3.63, 3.8) is 0 Å². The Bertz CT molecular complexity index is 1130. The molecule has 3 aromatic heterocycles. The molecule has 0 unspecified atom stereocenters. The molecule has 26 heavy (non-hydrogen) atoms. The lowest BCUT2D eigenvalue weighted by molar-refractivity contribution is -0.117. The number of rotatable bonds is 4. The molecule has 1 amide bonds. The smallest absolute Gasteiger partial charge is 0.229 e. The standard InChI is InChI=1S/C17H13ClN6OS/c18-11-4-2-1-3-10(11)12-7-19-8-24(12)15-13-14(22-23-15)20-17(26-13)21-16(25)9-5-6-9/h1-4,7-9H,5-6H2,(H2,20,21,22,23,25). The molecule has 1 aliphatic carbocycles. The number of halogens is 1. The van der Waals surface area contributed by atoms with Crippen LogP contribution in [0.15, 0.2) is 36.8 Å². The fraction of sp³-hybridized carbons (Fsp3) is 0.176. The van der Waals surface area contributed by atoms with Gasteiger partial charge in [-0.3, -0.25) is 14.5 Å². The molecule has 3 heterocycles. The fourth-order valence-corrected chi connectivity index (χ4v) is 3.94. The summed E-state index contributed by atoms with van der Waals surface area (Å²) in [5.41, 5.74) is 2.34. The SMILES string of the molecule is O=C(Nc1nc2[nH]nc(-n3cncc3-c3ccccc3Cl)c2s1)C1CC1. The minimum Gasteiger partial charge on any atom is -0.302 e. The number of amides is 1. The van der Waals surface area contributed by atoms with Crippen LogP contribution in [-0.2, 0) is 4.79 Å². The van der Waals surface area contributed by atoms with Crippen LogP contribution in [0.25, 0.3) is 27.4 Å². The van der Waals surface area contributed by atoms with Crippen LogP contribution in [0.3, 0.4) is 0 Å². The second-order valence-electron chi connectivity index (χ2n) is 6.14. The first-order valence-corrected chi connectivity index (χ1v) is 9.33. The summed E-state index contributed by atoms with van der Waals surface area (Å²) in [6, 6.07) is 7.59. The highest BCUT2D eigenvalue weighted by Gasteiger charge is 2.30. The van der Waals surface area contributed by atoms with Gasteiger partial charge in [-0.15, -0.1) is 0 Å². The third kappa shape index (κ3) is 2.58. The Morgan fingerprint density at radius 2 is 2.19 bits per heavy atom. The largest absolute Gasteiger partial charge is 0.302 e. The predicted molar refractivity (Wildman–Crippen MR) is 101 cm³/mol. The van der Waals surface area contributed by atoms with E-state index in [0.717, 1.165) is 28.8 Å². The quantitative estimate of drug-likeness (QED) is 0.559. The fourth-order valence-electron chi connectivity index (χ4n) is 2.81. The van der Waals surface area contributed by atoms with Gasteiger partial charge in [-0.05, 0) is 18.9 Å². The molecule has 1 fully saturated rings. The van der Waals surface area contributed by atoms with E-state index >= 15 is 0 Å². The number of nitrogens with zero attached hydrogens (tertiary/aromatic N) is 4. The van der Waals surface area contributed by atoms with Crippen molar-refractivity contribution in [2.45, 2.75) is 12.8 Å². The Balaban J connectivity index is 1.56. The van der Waals surface area contributed by atoms with Crippen LogP contribution in [0.5, 0.6) is 0 Å². The van der Waals surface area contributed by atoms with Crippen LogP contribution < -0.4 is 5.32 Å². The van der Waals surface area contributed by atoms with Gasteiger partial charge >= 0.3 is 0 Å². The van der Waals surface area contributed by atoms with Crippen LogP contribution in [-0.4, -0.2) is 30.6 Å². The van der Waals surface area contributed by atoms with E-state index in [0.29, 0.717) is 21.6 Å². The number of fused-ring (bicyclic) bond motifs is 1. The number of thiazole rings is 1. The van der Waals surface area contributed by atoms with E-state index < -0.39 is 0 Å². The normalized spacial score (nSPS) is 14.0. The van der Waals surface area contributed by atoms with Crippen LogP contribution in [0.2, 0.25) is 5.02 Å². The minimum absolute atomic E-state index is 0.0373. The zero-order chi connectivity index (χ0) is 17.7. The van der Waals surface area contributed by atoms with Crippen molar-refractivity contribution in [3.05, 3.63) is 41.8 Å². The zero-order valence-electron chi connectivity index (χ0n) is 13.4. The molecule has 1 aromatic carbocycles. The van der Waals surface area contributed by atoms with Gasteiger partial charge in [0.25, 0.3) is 0 Å². The van der Waals surface area contributed by atoms with Crippen molar-refractivity contribution < 1.29 is 4.79 Å². The van der Waals surface area contributed by atoms with E-state index in [1.807, 2.05) is 28.8 Å². The van der Waals surface area contributed by atoms with Crippen molar-refractivity contribution in [3.8, 4) is 17.1 Å². The molecule has 1 saturated carbocycles. The molecule has 9 heteroatoms. The van der Waals surface area contributed by atoms with Crippen molar-refractivity contribution in [2.75, 3.05) is 5.32 Å². The molecule has 0 spiro atoms. The van der Waals surface area contributed by atoms with Crippen LogP contribution >= 0.6 is 22.9 Å². The lowest BCUT2D eigenvalue weighted by Gasteiger charge is -2.06. The lowest BCUT2D eigenvalue weighted by Crippen LogP contribution is -2.12. The molecule has 130 valence electrons. The molecule has 4 aromatic rings. The molecule has 7 nitrogen and oxygen atoms in total. The summed E-state index contributed by atoms with van der Waals surface area (Å²) in [6.07, 6.45) is 5.35. The number of aromatic nitrogens is 5. The second-order valence-corrected chi connectivity index (χ2v) is 7.54. The van der Waals surface area contributed by atoms with Gasteiger partial charge < -0.3 is 5.32 Å². The van der Waals surface area contributed by atoms with Gasteiger partial charge in [0.15, 0.2) is 16.6 Å². The van der Waals surface area contributed by atoms with Gasteiger partial charge in [-0.1, -0.05) is 41.1 Å². The van der Waals surface area contributed by atoms with Gasteiger partial charge in [0, 0.05) is 16.5 Å². The van der Waals surface area contributed by atoms with Gasteiger partial charge in [-0.25, -0.2) is 9.97 Å². The Labute approximate surface area is 157 Å². The maximum Gasteiger partial charge on any atom is 0.229 e. The molecular formula is C17H13ClN6OS. The van der Waals surface area contributed by atoms with Gasteiger partial charge in [0.05, 0.1) is 11.9 Å². The molecule has 0 radical (unpaired) electrons. The van der Waals surface area contributed by atoms with Gasteiger partial charge in [0.2, 0.25) is 5.91 Å². The highest BCUT2D eigenvalue weighted by atomic mass is 35.5. The zero-order valence-corrected chi connectivity index (χ0v) is 15.0. The molecule has 0 atom stereocenters. The van der Waals surface area contributed by atoms with E-state index in [4.69, 9.17) is 11.6 Å². The Morgan fingerprint density at radius 1 is 1.35 bits per heavy atom. The summed E-state index contributed by atoms with van der Waals surface area (Å²) >= 11 is 7.73. The summed E-state index contributed by atoms with van der Waals surface area (Å²) in [5, 5.41) is 11.4. The van der Waals surface area contributed by atoms with E-state index in [9.17, 15) is 4.79 Å². The average Bonchev–Trinajstić information content (AvgIpc) is 3.06. The first kappa shape index (κ1) is 15.5. The number of anilines is 1. The number of carbonyl (C=O) groups excluding carboxylic acids is 1. The maximum atomic E-state index is 12.0. The Hall–Kier alpha value is -2.71. The van der Waals surface area contributed by atoms with E-state index in [1.54, 1.807) is 12.5 Å². The third-order valence-electron chi connectivity index (χ3n) is 4.29. The number of hydrogen-bond donors (Lipinski definition) is 2. The Kier molecular flexibility index (Phi) is 3.54. The first-order chi connectivity index (χ1) is 12.7. The maximum absolute atomic E-state index is 12.0. The Morgan fingerprint density at radius 3 is 3.00 bits per heavy atom. The molecule has 0 aliphatic heterocycles. The van der Waals surface area contributed by atoms with Crippen LogP contribution in [0.1, 0.15) is 12.8 Å². The van der Waals surface area contributed by atoms with Crippen molar-refractivity contribution >= 4 is 44.3 Å². The molecule has 5 rings (SSSR count). The van der Waals surface area contributed by atoms with Gasteiger partial charge in [-0.2, -0.15) is 5.10 Å². The minimum atomic E-state index is 0.0373. The summed E-state index contributed by atoms with van der Waals surface area (Å²) in [7, 11) is 0. The number of aromatic amines is 1. The number of hydrogen-bond acceptors (Lipinski definition) is 5. The molecule has 0 saturated heterocycles. The number of H-pyrrole nitrogens is 1. The average molecular weight is 385 g/mol. The first-order valence-electron chi connectivity index (χ1n) is 8.14. The summed E-state index contributed by atoms with van der Waals surface area (Å²) < 4.78 is 2.72. The van der Waals surface area contributed by atoms with Crippen molar-refractivity contribution in [1.29, 1.82) is 0 Å². The molecular weight excluding hydrogens is 372 g/mol. The highest BCUT2D eigenvalue weighted by molar-refractivity contribution is 7.22. The highest BCUT2D eigenvalue weighted by Crippen LogP contribution is 2.35. The number of carbonyl (C=O) groups is 1. The molecule has 1 aliphatic rings. The van der Waals surface area contributed by atoms with E-state index in [2.05, 4.69) is 25.5 Å². The lowest BCUT2D eigenvalue weighted by atomic mass is 10.1. The van der Waals surface area contributed by atoms with E-state index in [-0.39, 0.29) is 11.8 Å². The third-order valence-corrected chi connectivity index (χ3v) is 5.59. The molecule has 0 bridgehead atoms. The summed E-state index contributed by atoms with van der Waals surface area (Å²) in [4.78, 5) is 20.6.